The molecular weight excluding hydrogens is 200 g/mol. The van der Waals surface area contributed by atoms with Gasteiger partial charge in [-0.05, 0) is 12.1 Å². The molecule has 1 aromatic rings. The lowest BCUT2D eigenvalue weighted by Crippen LogP contribution is -2.12. The average molecular weight is 208 g/mol. The Hall–Kier alpha value is -1.67. The molecule has 14 heavy (non-hydrogen) atoms. The highest BCUT2D eigenvalue weighted by Crippen LogP contribution is 2.23. The van der Waals surface area contributed by atoms with Gasteiger partial charge >= 0.3 is 6.09 Å². The quantitative estimate of drug-likeness (QED) is 0.694. The summed E-state index contributed by atoms with van der Waals surface area (Å²) < 4.78 is 4.42. The van der Waals surface area contributed by atoms with E-state index in [4.69, 9.17) is 5.26 Å². The van der Waals surface area contributed by atoms with Crippen LogP contribution in [0.1, 0.15) is 5.56 Å². The average Bonchev–Trinajstić information content (AvgIpc) is 2.20. The van der Waals surface area contributed by atoms with E-state index >= 15 is 0 Å². The van der Waals surface area contributed by atoms with Gasteiger partial charge in [0, 0.05) is 4.90 Å². The summed E-state index contributed by atoms with van der Waals surface area (Å²) in [5.41, 5.74) is 0.716. The summed E-state index contributed by atoms with van der Waals surface area (Å²) in [5, 5.41) is 11.2. The summed E-state index contributed by atoms with van der Waals surface area (Å²) in [5.74, 6) is 0. The Labute approximate surface area is 86.9 Å². The lowest BCUT2D eigenvalue weighted by molar-refractivity contribution is 0.187. The molecule has 0 saturated heterocycles. The van der Waals surface area contributed by atoms with Crippen molar-refractivity contribution in [1.29, 1.82) is 5.26 Å². The van der Waals surface area contributed by atoms with E-state index in [1.807, 2.05) is 6.07 Å². The Morgan fingerprint density at radius 3 is 2.93 bits per heavy atom. The van der Waals surface area contributed by atoms with E-state index < -0.39 is 6.09 Å². The van der Waals surface area contributed by atoms with Crippen LogP contribution in [0.5, 0.6) is 0 Å². The zero-order valence-electron chi connectivity index (χ0n) is 7.44. The molecule has 72 valence electrons. The van der Waals surface area contributed by atoms with Gasteiger partial charge in [-0.2, -0.15) is 5.26 Å². The summed E-state index contributed by atoms with van der Waals surface area (Å²) in [4.78, 5) is 11.4. The number of anilines is 1. The number of nitrogens with one attached hydrogen (secondary N) is 1. The Morgan fingerprint density at radius 1 is 1.64 bits per heavy atom. The number of para-hydroxylation sites is 1. The third kappa shape index (κ3) is 2.18. The molecule has 1 aromatic carbocycles. The molecule has 0 heterocycles. The molecule has 0 unspecified atom stereocenters. The molecule has 0 aromatic heterocycles. The van der Waals surface area contributed by atoms with E-state index in [1.165, 1.54) is 7.11 Å². The molecule has 0 fully saturated rings. The van der Waals surface area contributed by atoms with E-state index in [9.17, 15) is 4.79 Å². The highest BCUT2D eigenvalue weighted by Gasteiger charge is 2.08. The third-order valence-corrected chi connectivity index (χ3v) is 1.95. The molecule has 0 bridgehead atoms. The fourth-order valence-corrected chi connectivity index (χ4v) is 1.18. The van der Waals surface area contributed by atoms with Crippen LogP contribution in [0.25, 0.3) is 0 Å². The van der Waals surface area contributed by atoms with Gasteiger partial charge in [0.25, 0.3) is 0 Å². The normalized spacial score (nSPS) is 8.93. The first-order chi connectivity index (χ1) is 6.69. The van der Waals surface area contributed by atoms with Gasteiger partial charge in [-0.1, -0.05) is 6.07 Å². The number of amides is 1. The fourth-order valence-electron chi connectivity index (χ4n) is 0.918. The molecule has 0 atom stereocenters. The molecule has 0 saturated carbocycles. The molecular formula is C9H8N2O2S. The number of carbonyl (C=O) groups is 1. The van der Waals surface area contributed by atoms with Gasteiger partial charge in [0.2, 0.25) is 0 Å². The Morgan fingerprint density at radius 2 is 2.36 bits per heavy atom. The largest absolute Gasteiger partial charge is 0.453 e. The second kappa shape index (κ2) is 4.53. The van der Waals surface area contributed by atoms with E-state index in [0.29, 0.717) is 16.1 Å². The first-order valence-electron chi connectivity index (χ1n) is 3.76. The topological polar surface area (TPSA) is 62.1 Å². The fraction of sp³-hybridized carbons (Fsp3) is 0.111. The van der Waals surface area contributed by atoms with Gasteiger partial charge in [0.15, 0.2) is 0 Å². The number of carbonyl (C=O) groups excluding carboxylic acids is 1. The standard InChI is InChI=1S/C9H8N2O2S/c1-13-9(12)11-8-6(5-10)3-2-4-7(8)14/h2-4,14H,1H3,(H,11,12). The van der Waals surface area contributed by atoms with Crippen LogP contribution in [-0.2, 0) is 4.74 Å². The molecule has 0 radical (unpaired) electrons. The number of rotatable bonds is 1. The molecule has 1 amide bonds. The Kier molecular flexibility index (Phi) is 3.37. The first kappa shape index (κ1) is 10.4. The van der Waals surface area contributed by atoms with Gasteiger partial charge in [-0.25, -0.2) is 4.79 Å². The van der Waals surface area contributed by atoms with Crippen LogP contribution in [0.2, 0.25) is 0 Å². The van der Waals surface area contributed by atoms with Crippen LogP contribution in [0.4, 0.5) is 10.5 Å². The van der Waals surface area contributed by atoms with Gasteiger partial charge < -0.3 is 4.74 Å². The van der Waals surface area contributed by atoms with Crippen molar-refractivity contribution in [3.05, 3.63) is 23.8 Å². The van der Waals surface area contributed by atoms with E-state index in [2.05, 4.69) is 22.7 Å². The predicted octanol–water partition coefficient (Wildman–Crippen LogP) is 2.03. The van der Waals surface area contributed by atoms with Crippen molar-refractivity contribution < 1.29 is 9.53 Å². The van der Waals surface area contributed by atoms with Crippen molar-refractivity contribution >= 4 is 24.4 Å². The van der Waals surface area contributed by atoms with E-state index in [0.717, 1.165) is 0 Å². The van der Waals surface area contributed by atoms with Crippen LogP contribution in [0.3, 0.4) is 0 Å². The molecule has 0 aliphatic rings. The summed E-state index contributed by atoms with van der Waals surface area (Å²) in [6, 6.07) is 6.89. The van der Waals surface area contributed by atoms with Crippen molar-refractivity contribution in [3.63, 3.8) is 0 Å². The number of methoxy groups -OCH3 is 1. The monoisotopic (exact) mass is 208 g/mol. The van der Waals surface area contributed by atoms with Crippen molar-refractivity contribution in [1.82, 2.24) is 0 Å². The number of ether oxygens (including phenoxy) is 1. The second-order valence-electron chi connectivity index (χ2n) is 2.43. The first-order valence-corrected chi connectivity index (χ1v) is 4.20. The summed E-state index contributed by atoms with van der Waals surface area (Å²) in [7, 11) is 1.25. The maximum atomic E-state index is 10.9. The minimum absolute atomic E-state index is 0.350. The van der Waals surface area contributed by atoms with Crippen LogP contribution in [-0.4, -0.2) is 13.2 Å². The lowest BCUT2D eigenvalue weighted by atomic mass is 10.2. The van der Waals surface area contributed by atoms with Gasteiger partial charge in [-0.15, -0.1) is 12.6 Å². The van der Waals surface area contributed by atoms with Crippen LogP contribution in [0, 0.1) is 11.3 Å². The zero-order valence-corrected chi connectivity index (χ0v) is 8.34. The summed E-state index contributed by atoms with van der Waals surface area (Å²) in [6.45, 7) is 0. The van der Waals surface area contributed by atoms with Crippen LogP contribution in [0.15, 0.2) is 23.1 Å². The van der Waals surface area contributed by atoms with Crippen LogP contribution < -0.4 is 5.32 Å². The highest BCUT2D eigenvalue weighted by molar-refractivity contribution is 7.80. The number of hydrogen-bond acceptors (Lipinski definition) is 4. The summed E-state index contributed by atoms with van der Waals surface area (Å²) in [6.07, 6.45) is -0.622. The highest BCUT2D eigenvalue weighted by atomic mass is 32.1. The minimum atomic E-state index is -0.622. The Bertz CT molecular complexity index is 398. The Balaban J connectivity index is 3.06. The number of benzene rings is 1. The van der Waals surface area contributed by atoms with Crippen molar-refractivity contribution in [2.75, 3.05) is 12.4 Å². The van der Waals surface area contributed by atoms with Gasteiger partial charge in [0.05, 0.1) is 18.4 Å². The number of hydrogen-bond donors (Lipinski definition) is 2. The maximum Gasteiger partial charge on any atom is 0.411 e. The molecule has 0 aliphatic carbocycles. The number of nitrogens with zero attached hydrogens (tertiary/aromatic N) is 1. The molecule has 0 spiro atoms. The van der Waals surface area contributed by atoms with Gasteiger partial charge in [0.1, 0.15) is 6.07 Å². The van der Waals surface area contributed by atoms with Crippen molar-refractivity contribution in [2.45, 2.75) is 4.90 Å². The molecule has 1 rings (SSSR count). The number of nitriles is 1. The molecule has 4 nitrogen and oxygen atoms in total. The van der Waals surface area contributed by atoms with E-state index in [1.54, 1.807) is 18.2 Å². The maximum absolute atomic E-state index is 10.9. The smallest absolute Gasteiger partial charge is 0.411 e. The zero-order chi connectivity index (χ0) is 10.6. The minimum Gasteiger partial charge on any atom is -0.453 e. The molecule has 5 heteroatoms. The predicted molar refractivity (Wildman–Crippen MR) is 54.4 cm³/mol. The lowest BCUT2D eigenvalue weighted by Gasteiger charge is -2.07. The van der Waals surface area contributed by atoms with E-state index in [-0.39, 0.29) is 0 Å². The third-order valence-electron chi connectivity index (χ3n) is 1.58. The second-order valence-corrected chi connectivity index (χ2v) is 2.91. The van der Waals surface area contributed by atoms with Crippen LogP contribution >= 0.6 is 12.6 Å². The number of thiol groups is 1. The van der Waals surface area contributed by atoms with Crippen molar-refractivity contribution in [2.24, 2.45) is 0 Å². The van der Waals surface area contributed by atoms with Gasteiger partial charge in [-0.3, -0.25) is 5.32 Å². The van der Waals surface area contributed by atoms with Crippen molar-refractivity contribution in [3.8, 4) is 6.07 Å². The molecule has 0 aliphatic heterocycles. The SMILES string of the molecule is COC(=O)Nc1c(S)cccc1C#N. The summed E-state index contributed by atoms with van der Waals surface area (Å²) >= 11 is 4.11. The molecule has 1 N–H and O–H groups in total.